The second kappa shape index (κ2) is 9.25. The molecule has 1 heterocycles. The first-order valence-corrected chi connectivity index (χ1v) is 11.4. The van der Waals surface area contributed by atoms with E-state index < -0.39 is 14.9 Å². The maximum atomic E-state index is 12.7. The van der Waals surface area contributed by atoms with E-state index in [9.17, 15) is 18.5 Å². The summed E-state index contributed by atoms with van der Waals surface area (Å²) in [6, 6.07) is 17.2. The summed E-state index contributed by atoms with van der Waals surface area (Å²) in [7, 11) is -2.54. The molecule has 0 saturated heterocycles. The quantitative estimate of drug-likeness (QED) is 0.376. The van der Waals surface area contributed by atoms with Gasteiger partial charge in [0.25, 0.3) is 15.7 Å². The number of rotatable bonds is 8. The van der Waals surface area contributed by atoms with Gasteiger partial charge in [0.2, 0.25) is 0 Å². The molecule has 11 heteroatoms. The smallest absolute Gasteiger partial charge is 0.293 e. The molecule has 0 bridgehead atoms. The van der Waals surface area contributed by atoms with Crippen LogP contribution in [0.4, 0.5) is 17.1 Å². The highest BCUT2D eigenvalue weighted by Crippen LogP contribution is 2.32. The molecule has 3 aromatic rings. The summed E-state index contributed by atoms with van der Waals surface area (Å²) in [6.07, 6.45) is -0.375. The van der Waals surface area contributed by atoms with E-state index >= 15 is 0 Å². The molecule has 4 rings (SSSR count). The van der Waals surface area contributed by atoms with Gasteiger partial charge < -0.3 is 19.5 Å². The Hall–Kier alpha value is -3.99. The van der Waals surface area contributed by atoms with Gasteiger partial charge in [0.05, 0.1) is 23.5 Å². The van der Waals surface area contributed by atoms with Crippen molar-refractivity contribution in [2.24, 2.45) is 0 Å². The van der Waals surface area contributed by atoms with Gasteiger partial charge in [-0.15, -0.1) is 0 Å². The summed E-state index contributed by atoms with van der Waals surface area (Å²) in [5.74, 6) is 1.80. The largest absolute Gasteiger partial charge is 0.497 e. The molecule has 33 heavy (non-hydrogen) atoms. The van der Waals surface area contributed by atoms with Crippen molar-refractivity contribution in [2.45, 2.75) is 11.0 Å². The summed E-state index contributed by atoms with van der Waals surface area (Å²) in [6.45, 7) is 0.501. The first-order chi connectivity index (χ1) is 15.9. The third-order valence-corrected chi connectivity index (χ3v) is 6.29. The number of hydrogen-bond acceptors (Lipinski definition) is 8. The molecule has 1 aliphatic rings. The number of anilines is 2. The van der Waals surface area contributed by atoms with E-state index in [0.717, 1.165) is 6.07 Å². The molecule has 172 valence electrons. The van der Waals surface area contributed by atoms with Crippen molar-refractivity contribution in [3.63, 3.8) is 0 Å². The van der Waals surface area contributed by atoms with Crippen LogP contribution in [0.5, 0.6) is 17.2 Å². The highest BCUT2D eigenvalue weighted by molar-refractivity contribution is 7.92. The number of ether oxygens (including phenoxy) is 3. The maximum Gasteiger partial charge on any atom is 0.293 e. The monoisotopic (exact) mass is 471 g/mol. The molecule has 0 aromatic heterocycles. The number of nitrogens with zero attached hydrogens (tertiary/aromatic N) is 1. The fraction of sp³-hybridized carbons (Fsp3) is 0.182. The van der Waals surface area contributed by atoms with Gasteiger partial charge in [0, 0.05) is 11.8 Å². The second-order valence-corrected chi connectivity index (χ2v) is 8.83. The lowest BCUT2D eigenvalue weighted by molar-refractivity contribution is -0.384. The topological polar surface area (TPSA) is 129 Å². The number of nitro groups is 1. The van der Waals surface area contributed by atoms with Crippen LogP contribution in [0.2, 0.25) is 0 Å². The average Bonchev–Trinajstić information content (AvgIpc) is 2.82. The summed E-state index contributed by atoms with van der Waals surface area (Å²) in [4.78, 5) is 10.8. The SMILES string of the molecule is COc1ccc(NS(=O)(=O)c2ccc(NC[C@H]3COc4ccccc4O3)c([N+](=O)[O-])c2)cc1. The molecule has 0 unspecified atom stereocenters. The standard InChI is InChI=1S/C22H21N3O7S/c1-30-16-8-6-15(7-9-16)24-33(28,29)18-10-11-19(20(12-18)25(26)27)23-13-17-14-31-21-4-2-3-5-22(21)32-17/h2-12,17,23-24H,13-14H2,1H3/t17-/m0/s1. The predicted molar refractivity (Wildman–Crippen MR) is 122 cm³/mol. The molecule has 0 spiro atoms. The van der Waals surface area contributed by atoms with Crippen LogP contribution in [0.25, 0.3) is 0 Å². The Labute approximate surface area is 190 Å². The Bertz CT molecular complexity index is 1260. The van der Waals surface area contributed by atoms with E-state index in [1.165, 1.54) is 31.4 Å². The van der Waals surface area contributed by atoms with Crippen molar-refractivity contribution in [1.29, 1.82) is 0 Å². The molecule has 1 atom stereocenters. The summed E-state index contributed by atoms with van der Waals surface area (Å²) < 4.78 is 44.4. The molecule has 3 aromatic carbocycles. The Balaban J connectivity index is 1.48. The van der Waals surface area contributed by atoms with E-state index in [1.807, 2.05) is 12.1 Å². The van der Waals surface area contributed by atoms with Crippen LogP contribution >= 0.6 is 0 Å². The number of nitrogens with one attached hydrogen (secondary N) is 2. The Morgan fingerprint density at radius 3 is 2.52 bits per heavy atom. The Morgan fingerprint density at radius 1 is 1.09 bits per heavy atom. The molecule has 1 aliphatic heterocycles. The predicted octanol–water partition coefficient (Wildman–Crippen LogP) is 3.66. The van der Waals surface area contributed by atoms with Crippen molar-refractivity contribution in [2.75, 3.05) is 30.3 Å². The highest BCUT2D eigenvalue weighted by atomic mass is 32.2. The van der Waals surface area contributed by atoms with Crippen molar-refractivity contribution >= 4 is 27.1 Å². The molecule has 0 aliphatic carbocycles. The zero-order valence-corrected chi connectivity index (χ0v) is 18.4. The first kappa shape index (κ1) is 22.2. The van der Waals surface area contributed by atoms with Gasteiger partial charge in [-0.05, 0) is 48.5 Å². The number of nitro benzene ring substituents is 1. The molecule has 0 saturated carbocycles. The van der Waals surface area contributed by atoms with E-state index in [1.54, 1.807) is 24.3 Å². The van der Waals surface area contributed by atoms with Crippen LogP contribution in [0, 0.1) is 10.1 Å². The number of para-hydroxylation sites is 2. The first-order valence-electron chi connectivity index (χ1n) is 9.93. The van der Waals surface area contributed by atoms with Crippen LogP contribution < -0.4 is 24.2 Å². The lowest BCUT2D eigenvalue weighted by atomic mass is 10.2. The number of sulfonamides is 1. The zero-order chi connectivity index (χ0) is 23.4. The number of hydrogen-bond donors (Lipinski definition) is 2. The van der Waals surface area contributed by atoms with E-state index in [-0.39, 0.29) is 35.5 Å². The number of methoxy groups -OCH3 is 1. The summed E-state index contributed by atoms with van der Waals surface area (Å²) in [5, 5.41) is 14.6. The third-order valence-electron chi connectivity index (χ3n) is 4.91. The van der Waals surface area contributed by atoms with Crippen LogP contribution in [0.15, 0.2) is 71.6 Å². The summed E-state index contributed by atoms with van der Waals surface area (Å²) in [5.41, 5.74) is 0.103. The van der Waals surface area contributed by atoms with Crippen LogP contribution in [0.1, 0.15) is 0 Å². The average molecular weight is 471 g/mol. The minimum Gasteiger partial charge on any atom is -0.497 e. The Morgan fingerprint density at radius 2 is 1.82 bits per heavy atom. The molecule has 2 N–H and O–H groups in total. The molecule has 0 fully saturated rings. The van der Waals surface area contributed by atoms with Gasteiger partial charge in [0.15, 0.2) is 11.5 Å². The molecular formula is C22H21N3O7S. The van der Waals surface area contributed by atoms with E-state index in [2.05, 4.69) is 10.0 Å². The highest BCUT2D eigenvalue weighted by Gasteiger charge is 2.24. The van der Waals surface area contributed by atoms with Crippen LogP contribution in [-0.4, -0.2) is 39.7 Å². The van der Waals surface area contributed by atoms with E-state index in [4.69, 9.17) is 14.2 Å². The number of benzene rings is 3. The lowest BCUT2D eigenvalue weighted by Crippen LogP contribution is -2.35. The van der Waals surface area contributed by atoms with Gasteiger partial charge in [-0.1, -0.05) is 12.1 Å². The van der Waals surface area contributed by atoms with Gasteiger partial charge in [-0.25, -0.2) is 8.42 Å². The van der Waals surface area contributed by atoms with Gasteiger partial charge in [-0.3, -0.25) is 14.8 Å². The molecule has 0 amide bonds. The lowest BCUT2D eigenvalue weighted by Gasteiger charge is -2.26. The molecular weight excluding hydrogens is 450 g/mol. The minimum atomic E-state index is -4.04. The van der Waals surface area contributed by atoms with Crippen LogP contribution in [-0.2, 0) is 10.0 Å². The van der Waals surface area contributed by atoms with Crippen molar-refractivity contribution < 1.29 is 27.6 Å². The summed E-state index contributed by atoms with van der Waals surface area (Å²) >= 11 is 0. The second-order valence-electron chi connectivity index (χ2n) is 7.15. The Kier molecular flexibility index (Phi) is 6.22. The third kappa shape index (κ3) is 5.09. The van der Waals surface area contributed by atoms with Gasteiger partial charge in [-0.2, -0.15) is 0 Å². The fourth-order valence-electron chi connectivity index (χ4n) is 3.24. The molecule has 0 radical (unpaired) electrons. The zero-order valence-electron chi connectivity index (χ0n) is 17.6. The van der Waals surface area contributed by atoms with Gasteiger partial charge in [0.1, 0.15) is 24.1 Å². The number of fused-ring (bicyclic) bond motifs is 1. The van der Waals surface area contributed by atoms with Crippen LogP contribution in [0.3, 0.4) is 0 Å². The van der Waals surface area contributed by atoms with Gasteiger partial charge >= 0.3 is 0 Å². The van der Waals surface area contributed by atoms with Crippen molar-refractivity contribution in [1.82, 2.24) is 0 Å². The van der Waals surface area contributed by atoms with Crippen molar-refractivity contribution in [3.8, 4) is 17.2 Å². The minimum absolute atomic E-state index is 0.172. The van der Waals surface area contributed by atoms with E-state index in [0.29, 0.717) is 22.9 Å². The maximum absolute atomic E-state index is 12.7. The fourth-order valence-corrected chi connectivity index (χ4v) is 4.32. The molecule has 10 nitrogen and oxygen atoms in total. The van der Waals surface area contributed by atoms with Crippen molar-refractivity contribution in [3.05, 3.63) is 76.8 Å². The normalized spacial score (nSPS) is 14.9.